The molecule has 1 heterocycles. The lowest BCUT2D eigenvalue weighted by molar-refractivity contribution is 0.0695. The van der Waals surface area contributed by atoms with Gasteiger partial charge in [0, 0.05) is 16.8 Å². The first kappa shape index (κ1) is 21.1. The van der Waals surface area contributed by atoms with Gasteiger partial charge < -0.3 is 9.84 Å². The number of nitrogens with zero attached hydrogens (tertiary/aromatic N) is 1. The van der Waals surface area contributed by atoms with Gasteiger partial charge >= 0.3 is 5.97 Å². The molecule has 1 aromatic heterocycles. The van der Waals surface area contributed by atoms with Gasteiger partial charge in [0.25, 0.3) is 0 Å². The summed E-state index contributed by atoms with van der Waals surface area (Å²) in [5.74, 6) is -0.594. The van der Waals surface area contributed by atoms with Crippen molar-refractivity contribution in [2.45, 2.75) is 32.8 Å². The molecule has 4 rings (SSSR count). The molecule has 158 valence electrons. The lowest BCUT2D eigenvalue weighted by atomic mass is 9.96. The lowest BCUT2D eigenvalue weighted by Gasteiger charge is -2.15. The number of aryl methyl sites for hydroxylation is 1. The number of pyridine rings is 1. The first-order chi connectivity index (χ1) is 14.9. The fourth-order valence-electron chi connectivity index (χ4n) is 3.88. The molecule has 0 saturated carbocycles. The van der Waals surface area contributed by atoms with Crippen LogP contribution in [0.2, 0.25) is 5.02 Å². The summed E-state index contributed by atoms with van der Waals surface area (Å²) in [6.45, 7) is 1.99. The first-order valence-electron chi connectivity index (χ1n) is 10.0. The molecule has 1 aliphatic rings. The number of carboxylic acids is 1. The Morgan fingerprint density at radius 1 is 1.13 bits per heavy atom. The van der Waals surface area contributed by atoms with Gasteiger partial charge in [-0.15, -0.1) is 0 Å². The normalized spacial score (nSPS) is 13.5. The molecule has 4 nitrogen and oxygen atoms in total. The van der Waals surface area contributed by atoms with E-state index in [1.807, 2.05) is 12.1 Å². The molecule has 0 bridgehead atoms. The van der Waals surface area contributed by atoms with Crippen molar-refractivity contribution in [1.82, 2.24) is 4.98 Å². The van der Waals surface area contributed by atoms with E-state index in [4.69, 9.17) is 16.3 Å². The molecular weight excluding hydrogens is 417 g/mol. The highest BCUT2D eigenvalue weighted by atomic mass is 35.5. The largest absolute Gasteiger partial charge is 0.488 e. The Labute approximate surface area is 185 Å². The average molecular weight is 438 g/mol. The lowest BCUT2D eigenvalue weighted by Crippen LogP contribution is -2.03. The second kappa shape index (κ2) is 8.90. The zero-order chi connectivity index (χ0) is 22.0. The van der Waals surface area contributed by atoms with Crippen molar-refractivity contribution < 1.29 is 19.0 Å². The Morgan fingerprint density at radius 2 is 1.87 bits per heavy atom. The number of benzene rings is 2. The molecule has 2 aromatic carbocycles. The Balaban J connectivity index is 1.72. The van der Waals surface area contributed by atoms with Crippen LogP contribution in [0.5, 0.6) is 5.75 Å². The first-order valence-corrected chi connectivity index (χ1v) is 10.4. The minimum absolute atomic E-state index is 0.204. The van der Waals surface area contributed by atoms with Gasteiger partial charge in [-0.25, -0.2) is 9.18 Å². The van der Waals surface area contributed by atoms with E-state index in [2.05, 4.69) is 4.98 Å². The average Bonchev–Trinajstić information content (AvgIpc) is 3.24. The number of rotatable bonds is 6. The highest BCUT2D eigenvalue weighted by molar-refractivity contribution is 6.30. The van der Waals surface area contributed by atoms with Gasteiger partial charge in [0.05, 0.1) is 11.3 Å². The van der Waals surface area contributed by atoms with Crippen LogP contribution in [0.4, 0.5) is 4.39 Å². The van der Waals surface area contributed by atoms with Crippen LogP contribution in [0.15, 0.2) is 54.7 Å². The Hall–Kier alpha value is -3.18. The Kier molecular flexibility index (Phi) is 6.05. The van der Waals surface area contributed by atoms with Gasteiger partial charge in [0.15, 0.2) is 0 Å². The molecular formula is C25H21ClFNO3. The van der Waals surface area contributed by atoms with Crippen molar-refractivity contribution in [1.29, 1.82) is 0 Å². The van der Waals surface area contributed by atoms with Crippen molar-refractivity contribution in [2.75, 3.05) is 0 Å². The third kappa shape index (κ3) is 4.62. The molecule has 31 heavy (non-hydrogen) atoms. The molecule has 0 saturated heterocycles. The standard InChI is InChI=1S/C25H21ClFNO3/c1-15-22(25(29)30)11-17(13-28-15)20-3-2-4-21(20)23-12-18(26)7-10-24(23)31-14-16-5-8-19(27)9-6-16/h5-13H,2-4,14H2,1H3,(H,29,30). The number of allylic oxidation sites excluding steroid dienone is 2. The van der Waals surface area contributed by atoms with Crippen molar-refractivity contribution in [3.63, 3.8) is 0 Å². The van der Waals surface area contributed by atoms with Crippen LogP contribution in [0.1, 0.15) is 52.0 Å². The summed E-state index contributed by atoms with van der Waals surface area (Å²) in [7, 11) is 0. The number of halogens is 2. The van der Waals surface area contributed by atoms with Crippen molar-refractivity contribution >= 4 is 28.7 Å². The zero-order valence-corrected chi connectivity index (χ0v) is 17.7. The van der Waals surface area contributed by atoms with Gasteiger partial charge in [-0.2, -0.15) is 0 Å². The van der Waals surface area contributed by atoms with E-state index in [0.29, 0.717) is 23.1 Å². The van der Waals surface area contributed by atoms with Gasteiger partial charge in [0.1, 0.15) is 18.2 Å². The number of ether oxygens (including phenoxy) is 1. The van der Waals surface area contributed by atoms with Crippen LogP contribution in [0, 0.1) is 12.7 Å². The van der Waals surface area contributed by atoms with E-state index in [1.165, 1.54) is 12.1 Å². The number of aromatic carboxylic acids is 1. The monoisotopic (exact) mass is 437 g/mol. The number of aromatic nitrogens is 1. The van der Waals surface area contributed by atoms with E-state index in [0.717, 1.165) is 47.1 Å². The molecule has 0 amide bonds. The smallest absolute Gasteiger partial charge is 0.337 e. The summed E-state index contributed by atoms with van der Waals surface area (Å²) >= 11 is 6.30. The Morgan fingerprint density at radius 3 is 2.61 bits per heavy atom. The third-order valence-electron chi connectivity index (χ3n) is 5.46. The summed E-state index contributed by atoms with van der Waals surface area (Å²) in [5.41, 5.74) is 5.39. The number of carboxylic acid groups (broad SMARTS) is 1. The molecule has 1 aliphatic carbocycles. The number of hydrogen-bond acceptors (Lipinski definition) is 3. The summed E-state index contributed by atoms with van der Waals surface area (Å²) in [4.78, 5) is 15.9. The maximum atomic E-state index is 13.2. The molecule has 0 atom stereocenters. The number of hydrogen-bond donors (Lipinski definition) is 1. The number of carbonyl (C=O) groups is 1. The second-order valence-electron chi connectivity index (χ2n) is 7.53. The molecule has 6 heteroatoms. The van der Waals surface area contributed by atoms with Crippen LogP contribution < -0.4 is 4.74 Å². The molecule has 3 aromatic rings. The van der Waals surface area contributed by atoms with Crippen molar-refractivity contribution in [2.24, 2.45) is 0 Å². The van der Waals surface area contributed by atoms with Gasteiger partial charge in [-0.1, -0.05) is 23.7 Å². The fraction of sp³-hybridized carbons (Fsp3) is 0.200. The minimum Gasteiger partial charge on any atom is -0.488 e. The van der Waals surface area contributed by atoms with E-state index >= 15 is 0 Å². The predicted molar refractivity (Wildman–Crippen MR) is 119 cm³/mol. The van der Waals surface area contributed by atoms with Crippen molar-refractivity contribution in [3.05, 3.63) is 93.5 Å². The van der Waals surface area contributed by atoms with Crippen LogP contribution >= 0.6 is 11.6 Å². The van der Waals surface area contributed by atoms with Crippen LogP contribution in [-0.4, -0.2) is 16.1 Å². The van der Waals surface area contributed by atoms with Crippen LogP contribution in [0.3, 0.4) is 0 Å². The quantitative estimate of drug-likeness (QED) is 0.474. The van der Waals surface area contributed by atoms with E-state index in [1.54, 1.807) is 37.4 Å². The minimum atomic E-state index is -0.988. The molecule has 0 radical (unpaired) electrons. The maximum absolute atomic E-state index is 13.2. The van der Waals surface area contributed by atoms with Gasteiger partial charge in [-0.05, 0) is 84.9 Å². The maximum Gasteiger partial charge on any atom is 0.337 e. The Bertz CT molecular complexity index is 1170. The van der Waals surface area contributed by atoms with E-state index in [-0.39, 0.29) is 11.4 Å². The van der Waals surface area contributed by atoms with E-state index < -0.39 is 5.97 Å². The molecule has 0 aliphatic heterocycles. The van der Waals surface area contributed by atoms with Gasteiger partial charge in [-0.3, -0.25) is 4.98 Å². The molecule has 0 fully saturated rings. The van der Waals surface area contributed by atoms with Crippen LogP contribution in [0.25, 0.3) is 11.1 Å². The SMILES string of the molecule is Cc1ncc(C2=C(c3cc(Cl)ccc3OCc3ccc(F)cc3)CCC2)cc1C(=O)O. The predicted octanol–water partition coefficient (Wildman–Crippen LogP) is 6.55. The summed E-state index contributed by atoms with van der Waals surface area (Å²) in [6.07, 6.45) is 4.33. The van der Waals surface area contributed by atoms with Gasteiger partial charge in [0.2, 0.25) is 0 Å². The molecule has 1 N–H and O–H groups in total. The van der Waals surface area contributed by atoms with Crippen LogP contribution in [-0.2, 0) is 6.61 Å². The fourth-order valence-corrected chi connectivity index (χ4v) is 4.05. The zero-order valence-electron chi connectivity index (χ0n) is 17.0. The summed E-state index contributed by atoms with van der Waals surface area (Å²) in [6, 6.07) is 13.4. The summed E-state index contributed by atoms with van der Waals surface area (Å²) in [5, 5.41) is 10.1. The van der Waals surface area contributed by atoms with Crippen molar-refractivity contribution in [3.8, 4) is 5.75 Å². The topological polar surface area (TPSA) is 59.4 Å². The molecule has 0 unspecified atom stereocenters. The highest BCUT2D eigenvalue weighted by Crippen LogP contribution is 2.43. The highest BCUT2D eigenvalue weighted by Gasteiger charge is 2.22. The summed E-state index contributed by atoms with van der Waals surface area (Å²) < 4.78 is 19.2. The third-order valence-corrected chi connectivity index (χ3v) is 5.69. The van der Waals surface area contributed by atoms with E-state index in [9.17, 15) is 14.3 Å². The molecule has 0 spiro atoms. The second-order valence-corrected chi connectivity index (χ2v) is 7.96.